The quantitative estimate of drug-likeness (QED) is 0.844. The molecule has 6 nitrogen and oxygen atoms in total. The molecule has 0 radical (unpaired) electrons. The molecule has 0 saturated carbocycles. The van der Waals surface area contributed by atoms with Crippen LogP contribution in [0.4, 0.5) is 13.2 Å². The van der Waals surface area contributed by atoms with Gasteiger partial charge >= 0.3 is 12.1 Å². The second kappa shape index (κ2) is 8.17. The fourth-order valence-corrected chi connectivity index (χ4v) is 2.74. The number of carboxylic acid groups (broad SMARTS) is 1. The zero-order valence-corrected chi connectivity index (χ0v) is 13.5. The summed E-state index contributed by atoms with van der Waals surface area (Å²) >= 11 is 0. The second-order valence-corrected chi connectivity index (χ2v) is 5.98. The molecule has 1 amide bonds. The zero-order chi connectivity index (χ0) is 18.4. The summed E-state index contributed by atoms with van der Waals surface area (Å²) in [7, 11) is 0. The molecule has 1 atom stereocenters. The fourth-order valence-electron chi connectivity index (χ4n) is 2.74. The van der Waals surface area contributed by atoms with E-state index in [1.165, 1.54) is 18.3 Å². The first-order valence-corrected chi connectivity index (χ1v) is 7.91. The van der Waals surface area contributed by atoms with Gasteiger partial charge in [0, 0.05) is 31.8 Å². The number of rotatable bonds is 6. The third-order valence-corrected chi connectivity index (χ3v) is 3.94. The molecule has 0 aliphatic carbocycles. The number of aromatic nitrogens is 1. The van der Waals surface area contributed by atoms with Crippen LogP contribution in [0.2, 0.25) is 0 Å². The van der Waals surface area contributed by atoms with E-state index in [0.29, 0.717) is 19.5 Å². The molecule has 2 rings (SSSR count). The number of aliphatic carboxylic acids is 1. The van der Waals surface area contributed by atoms with Gasteiger partial charge in [-0.05, 0) is 31.2 Å². The van der Waals surface area contributed by atoms with Gasteiger partial charge in [-0.15, -0.1) is 0 Å². The fraction of sp³-hybridized carbons (Fsp3) is 0.562. The van der Waals surface area contributed by atoms with Gasteiger partial charge in [0.25, 0.3) is 5.91 Å². The Labute approximate surface area is 142 Å². The molecule has 138 valence electrons. The smallest absolute Gasteiger partial charge is 0.422 e. The van der Waals surface area contributed by atoms with Crippen molar-refractivity contribution in [2.24, 2.45) is 5.92 Å². The van der Waals surface area contributed by atoms with Crippen molar-refractivity contribution >= 4 is 11.9 Å². The SMILES string of the molecule is O=C(O)CCC1CCCN(C(=O)c2ccc(OCC(F)(F)F)nc2)C1. The lowest BCUT2D eigenvalue weighted by Gasteiger charge is -2.32. The van der Waals surface area contributed by atoms with E-state index < -0.39 is 18.8 Å². The molecule has 1 N–H and O–H groups in total. The van der Waals surface area contributed by atoms with Crippen LogP contribution in [0.1, 0.15) is 36.0 Å². The van der Waals surface area contributed by atoms with E-state index in [4.69, 9.17) is 5.11 Å². The second-order valence-electron chi connectivity index (χ2n) is 5.98. The first-order chi connectivity index (χ1) is 11.7. The summed E-state index contributed by atoms with van der Waals surface area (Å²) in [5.41, 5.74) is 0.262. The average Bonchev–Trinajstić information content (AvgIpc) is 2.57. The van der Waals surface area contributed by atoms with Crippen molar-refractivity contribution in [1.82, 2.24) is 9.88 Å². The molecule has 1 unspecified atom stereocenters. The molecule has 0 spiro atoms. The van der Waals surface area contributed by atoms with Crippen molar-refractivity contribution in [3.63, 3.8) is 0 Å². The Morgan fingerprint density at radius 3 is 2.72 bits per heavy atom. The number of likely N-dealkylation sites (tertiary alicyclic amines) is 1. The number of halogens is 3. The lowest BCUT2D eigenvalue weighted by Crippen LogP contribution is -2.40. The number of carbonyl (C=O) groups excluding carboxylic acids is 1. The van der Waals surface area contributed by atoms with Gasteiger partial charge in [-0.25, -0.2) is 4.98 Å². The molecular formula is C16H19F3N2O4. The molecule has 0 bridgehead atoms. The summed E-state index contributed by atoms with van der Waals surface area (Å²) in [6, 6.07) is 2.60. The third kappa shape index (κ3) is 6.24. The summed E-state index contributed by atoms with van der Waals surface area (Å²) in [4.78, 5) is 28.5. The molecule has 1 saturated heterocycles. The largest absolute Gasteiger partial charge is 0.481 e. The van der Waals surface area contributed by atoms with Gasteiger partial charge in [0.1, 0.15) is 0 Å². The summed E-state index contributed by atoms with van der Waals surface area (Å²) in [5.74, 6) is -1.19. The normalized spacial score (nSPS) is 18.0. The molecule has 0 aromatic carbocycles. The van der Waals surface area contributed by atoms with Crippen LogP contribution in [0.5, 0.6) is 5.88 Å². The van der Waals surface area contributed by atoms with E-state index >= 15 is 0 Å². The van der Waals surface area contributed by atoms with E-state index in [1.807, 2.05) is 0 Å². The highest BCUT2D eigenvalue weighted by Gasteiger charge is 2.29. The van der Waals surface area contributed by atoms with Crippen LogP contribution in [0.15, 0.2) is 18.3 Å². The maximum atomic E-state index is 12.5. The summed E-state index contributed by atoms with van der Waals surface area (Å²) in [6.07, 6.45) is -1.01. The number of ether oxygens (including phenoxy) is 1. The van der Waals surface area contributed by atoms with Gasteiger partial charge in [-0.3, -0.25) is 9.59 Å². The molecular weight excluding hydrogens is 341 g/mol. The first-order valence-electron chi connectivity index (χ1n) is 7.91. The molecule has 9 heteroatoms. The standard InChI is InChI=1S/C16H19F3N2O4/c17-16(18,19)10-25-13-5-4-12(8-20-13)15(24)21-7-1-2-11(9-21)3-6-14(22)23/h4-5,8,11H,1-3,6-7,9-10H2,(H,22,23). The van der Waals surface area contributed by atoms with Crippen molar-refractivity contribution in [2.45, 2.75) is 31.9 Å². The van der Waals surface area contributed by atoms with Crippen LogP contribution in [-0.4, -0.2) is 52.7 Å². The predicted octanol–water partition coefficient (Wildman–Crippen LogP) is 2.74. The molecule has 1 aliphatic rings. The van der Waals surface area contributed by atoms with Crippen LogP contribution in [0.25, 0.3) is 0 Å². The van der Waals surface area contributed by atoms with Crippen molar-refractivity contribution in [3.8, 4) is 5.88 Å². The Morgan fingerprint density at radius 2 is 2.12 bits per heavy atom. The average molecular weight is 360 g/mol. The molecule has 1 aromatic rings. The lowest BCUT2D eigenvalue weighted by atomic mass is 9.93. The van der Waals surface area contributed by atoms with E-state index in [9.17, 15) is 22.8 Å². The highest BCUT2D eigenvalue weighted by Crippen LogP contribution is 2.23. The number of pyridine rings is 1. The van der Waals surface area contributed by atoms with Crippen LogP contribution in [0.3, 0.4) is 0 Å². The molecule has 25 heavy (non-hydrogen) atoms. The number of piperidine rings is 1. The Morgan fingerprint density at radius 1 is 1.36 bits per heavy atom. The van der Waals surface area contributed by atoms with Crippen LogP contribution in [0, 0.1) is 5.92 Å². The number of carbonyl (C=O) groups is 2. The van der Waals surface area contributed by atoms with Crippen molar-refractivity contribution in [1.29, 1.82) is 0 Å². The maximum absolute atomic E-state index is 12.5. The van der Waals surface area contributed by atoms with Gasteiger partial charge in [-0.2, -0.15) is 13.2 Å². The number of amides is 1. The first kappa shape index (κ1) is 19.0. The van der Waals surface area contributed by atoms with E-state index in [2.05, 4.69) is 9.72 Å². The highest BCUT2D eigenvalue weighted by molar-refractivity contribution is 5.94. The van der Waals surface area contributed by atoms with Gasteiger partial charge in [0.15, 0.2) is 6.61 Å². The third-order valence-electron chi connectivity index (χ3n) is 3.94. The Bertz CT molecular complexity index is 604. The minimum atomic E-state index is -4.45. The predicted molar refractivity (Wildman–Crippen MR) is 81.3 cm³/mol. The maximum Gasteiger partial charge on any atom is 0.422 e. The van der Waals surface area contributed by atoms with Gasteiger partial charge in [0.2, 0.25) is 5.88 Å². The van der Waals surface area contributed by atoms with E-state index in [1.54, 1.807) is 4.90 Å². The monoisotopic (exact) mass is 360 g/mol. The number of hydrogen-bond donors (Lipinski definition) is 1. The summed E-state index contributed by atoms with van der Waals surface area (Å²) in [5, 5.41) is 8.75. The topological polar surface area (TPSA) is 79.7 Å². The summed E-state index contributed by atoms with van der Waals surface area (Å²) in [6.45, 7) is -0.405. The molecule has 2 heterocycles. The Kier molecular flexibility index (Phi) is 6.22. The minimum absolute atomic E-state index is 0.0689. The molecule has 1 aromatic heterocycles. The molecule has 1 fully saturated rings. The van der Waals surface area contributed by atoms with Crippen molar-refractivity contribution in [2.75, 3.05) is 19.7 Å². The van der Waals surface area contributed by atoms with Crippen molar-refractivity contribution < 1.29 is 32.6 Å². The van der Waals surface area contributed by atoms with Gasteiger partial charge < -0.3 is 14.7 Å². The lowest BCUT2D eigenvalue weighted by molar-refractivity contribution is -0.154. The summed E-state index contributed by atoms with van der Waals surface area (Å²) < 4.78 is 40.8. The van der Waals surface area contributed by atoms with Crippen LogP contribution >= 0.6 is 0 Å². The minimum Gasteiger partial charge on any atom is -0.481 e. The van der Waals surface area contributed by atoms with Crippen LogP contribution < -0.4 is 4.74 Å². The number of hydrogen-bond acceptors (Lipinski definition) is 4. The number of nitrogens with zero attached hydrogens (tertiary/aromatic N) is 2. The van der Waals surface area contributed by atoms with Crippen molar-refractivity contribution in [3.05, 3.63) is 23.9 Å². The highest BCUT2D eigenvalue weighted by atomic mass is 19.4. The number of carboxylic acids is 1. The van der Waals surface area contributed by atoms with Gasteiger partial charge in [-0.1, -0.05) is 0 Å². The van der Waals surface area contributed by atoms with E-state index in [-0.39, 0.29) is 29.7 Å². The Balaban J connectivity index is 1.92. The van der Waals surface area contributed by atoms with Gasteiger partial charge in [0.05, 0.1) is 5.56 Å². The number of alkyl halides is 3. The molecule has 1 aliphatic heterocycles. The Hall–Kier alpha value is -2.32. The van der Waals surface area contributed by atoms with E-state index in [0.717, 1.165) is 12.8 Å². The van der Waals surface area contributed by atoms with Crippen LogP contribution in [-0.2, 0) is 4.79 Å². The zero-order valence-electron chi connectivity index (χ0n) is 13.5.